The average Bonchev–Trinajstić information content (AvgIpc) is 2.09. The third-order valence-corrected chi connectivity index (χ3v) is 1.77. The van der Waals surface area contributed by atoms with Gasteiger partial charge in [0.2, 0.25) is 0 Å². The summed E-state index contributed by atoms with van der Waals surface area (Å²) in [5, 5.41) is 0. The van der Waals surface area contributed by atoms with Crippen molar-refractivity contribution in [2.45, 2.75) is 6.18 Å². The molecule has 8 heteroatoms. The molecule has 1 aromatic carbocycles. The van der Waals surface area contributed by atoms with Crippen LogP contribution in [0.1, 0.15) is 5.56 Å². The number of hydrogen-bond acceptors (Lipinski definition) is 0. The van der Waals surface area contributed by atoms with Crippen molar-refractivity contribution in [2.24, 2.45) is 0 Å². The third kappa shape index (κ3) is 1.80. The summed E-state index contributed by atoms with van der Waals surface area (Å²) in [4.78, 5) is 0. The second-order valence-electron chi connectivity index (χ2n) is 2.75. The summed E-state index contributed by atoms with van der Waals surface area (Å²) in [5.41, 5.74) is -3.68. The van der Waals surface area contributed by atoms with Crippen molar-refractivity contribution >= 4 is 13.3 Å². The largest absolute Gasteiger partial charge is 0.422 e. The van der Waals surface area contributed by atoms with Crippen LogP contribution in [0.15, 0.2) is 0 Å². The van der Waals surface area contributed by atoms with Gasteiger partial charge in [-0.2, -0.15) is 13.2 Å². The standard InChI is InChI=1S/C7H2BF7/c8-2-5(11)3(9)1(7(13,14)15)4(10)6(2)12/h8H2. The van der Waals surface area contributed by atoms with Crippen LogP contribution < -0.4 is 5.46 Å². The molecule has 0 saturated carbocycles. The summed E-state index contributed by atoms with van der Waals surface area (Å²) in [6.45, 7) is 0. The van der Waals surface area contributed by atoms with Gasteiger partial charge in [0.15, 0.2) is 23.3 Å². The third-order valence-electron chi connectivity index (χ3n) is 1.77. The summed E-state index contributed by atoms with van der Waals surface area (Å²) in [6.07, 6.45) is -5.48. The van der Waals surface area contributed by atoms with E-state index in [1.165, 1.54) is 0 Å². The van der Waals surface area contributed by atoms with Crippen LogP contribution in [0.5, 0.6) is 0 Å². The molecule has 0 saturated heterocycles. The molecule has 0 heterocycles. The molecule has 0 spiro atoms. The van der Waals surface area contributed by atoms with Gasteiger partial charge in [-0.1, -0.05) is 0 Å². The Kier molecular flexibility index (Phi) is 2.71. The van der Waals surface area contributed by atoms with Crippen LogP contribution in [-0.4, -0.2) is 7.85 Å². The number of halogens is 7. The van der Waals surface area contributed by atoms with E-state index >= 15 is 0 Å². The minimum atomic E-state index is -5.48. The molecule has 0 fully saturated rings. The molecule has 0 nitrogen and oxygen atoms in total. The molecule has 0 amide bonds. The van der Waals surface area contributed by atoms with E-state index in [0.29, 0.717) is 7.85 Å². The second kappa shape index (κ2) is 3.43. The van der Waals surface area contributed by atoms with Crippen molar-refractivity contribution in [3.8, 4) is 0 Å². The maximum atomic E-state index is 12.7. The molecule has 0 aliphatic carbocycles. The topological polar surface area (TPSA) is 0 Å². The highest BCUT2D eigenvalue weighted by Crippen LogP contribution is 2.34. The molecule has 1 rings (SSSR count). The molecule has 0 aliphatic heterocycles. The highest BCUT2D eigenvalue weighted by molar-refractivity contribution is 6.32. The van der Waals surface area contributed by atoms with Gasteiger partial charge in [-0.05, 0) is 5.46 Å². The van der Waals surface area contributed by atoms with Gasteiger partial charge < -0.3 is 0 Å². The van der Waals surface area contributed by atoms with Crippen molar-refractivity contribution in [1.82, 2.24) is 0 Å². The van der Waals surface area contributed by atoms with Gasteiger partial charge in [0.1, 0.15) is 13.4 Å². The molecule has 1 aromatic rings. The summed E-state index contributed by atoms with van der Waals surface area (Å²) < 4.78 is 86.7. The van der Waals surface area contributed by atoms with E-state index in [1.807, 2.05) is 0 Å². The van der Waals surface area contributed by atoms with Crippen LogP contribution in [0, 0.1) is 23.3 Å². The Hall–Kier alpha value is -1.21. The first-order chi connectivity index (χ1) is 6.68. The van der Waals surface area contributed by atoms with Gasteiger partial charge in [0, 0.05) is 0 Å². The lowest BCUT2D eigenvalue weighted by Gasteiger charge is -2.12. The van der Waals surface area contributed by atoms with Gasteiger partial charge in [0.25, 0.3) is 0 Å². The normalized spacial score (nSPS) is 11.9. The molecule has 0 aromatic heterocycles. The molecule has 82 valence electrons. The summed E-state index contributed by atoms with van der Waals surface area (Å²) in [6, 6.07) is 0. The van der Waals surface area contributed by atoms with Gasteiger partial charge in [-0.3, -0.25) is 0 Å². The number of benzene rings is 1. The molecule has 0 radical (unpaired) electrons. The fourth-order valence-corrected chi connectivity index (χ4v) is 0.990. The fourth-order valence-electron chi connectivity index (χ4n) is 0.990. The van der Waals surface area contributed by atoms with E-state index in [9.17, 15) is 30.7 Å². The Morgan fingerprint density at radius 1 is 0.733 bits per heavy atom. The molecule has 0 N–H and O–H groups in total. The molecule has 15 heavy (non-hydrogen) atoms. The lowest BCUT2D eigenvalue weighted by atomic mass is 9.92. The van der Waals surface area contributed by atoms with Gasteiger partial charge in [-0.25, -0.2) is 17.6 Å². The molecule has 0 unspecified atom stereocenters. The molecule has 0 aliphatic rings. The maximum Gasteiger partial charge on any atom is 0.422 e. The van der Waals surface area contributed by atoms with Crippen LogP contribution in [0.25, 0.3) is 0 Å². The fraction of sp³-hybridized carbons (Fsp3) is 0.143. The first kappa shape index (κ1) is 11.9. The Morgan fingerprint density at radius 2 is 1.07 bits per heavy atom. The van der Waals surface area contributed by atoms with Crippen molar-refractivity contribution < 1.29 is 30.7 Å². The van der Waals surface area contributed by atoms with Gasteiger partial charge >= 0.3 is 6.18 Å². The monoisotopic (exact) mass is 230 g/mol. The van der Waals surface area contributed by atoms with E-state index in [1.54, 1.807) is 0 Å². The van der Waals surface area contributed by atoms with Gasteiger partial charge in [-0.15, -0.1) is 0 Å². The predicted octanol–water partition coefficient (Wildman–Crippen LogP) is 1.52. The van der Waals surface area contributed by atoms with Crippen LogP contribution >= 0.6 is 0 Å². The SMILES string of the molecule is Bc1c(F)c(F)c(C(F)(F)F)c(F)c1F. The Labute approximate surface area is 80.1 Å². The van der Waals surface area contributed by atoms with E-state index in [4.69, 9.17) is 0 Å². The zero-order chi connectivity index (χ0) is 12.0. The van der Waals surface area contributed by atoms with Crippen molar-refractivity contribution in [1.29, 1.82) is 0 Å². The van der Waals surface area contributed by atoms with Crippen LogP contribution in [-0.2, 0) is 6.18 Å². The smallest absolute Gasteiger partial charge is 0.204 e. The minimum Gasteiger partial charge on any atom is -0.204 e. The van der Waals surface area contributed by atoms with Crippen molar-refractivity contribution in [2.75, 3.05) is 0 Å². The second-order valence-corrected chi connectivity index (χ2v) is 2.75. The van der Waals surface area contributed by atoms with Crippen LogP contribution in [0.4, 0.5) is 30.7 Å². The molecule has 0 bridgehead atoms. The lowest BCUT2D eigenvalue weighted by molar-refractivity contribution is -0.143. The first-order valence-corrected chi connectivity index (χ1v) is 3.57. The Balaban J connectivity index is 3.68. The van der Waals surface area contributed by atoms with Gasteiger partial charge in [0.05, 0.1) is 0 Å². The quantitative estimate of drug-likeness (QED) is 0.360. The van der Waals surface area contributed by atoms with Crippen LogP contribution in [0.2, 0.25) is 0 Å². The van der Waals surface area contributed by atoms with E-state index in [2.05, 4.69) is 0 Å². The van der Waals surface area contributed by atoms with Crippen molar-refractivity contribution in [3.05, 3.63) is 28.8 Å². The average molecular weight is 230 g/mol. The van der Waals surface area contributed by atoms with E-state index in [0.717, 1.165) is 0 Å². The first-order valence-electron chi connectivity index (χ1n) is 3.57. The predicted molar refractivity (Wildman–Crippen MR) is 39.5 cm³/mol. The zero-order valence-electron chi connectivity index (χ0n) is 7.15. The summed E-state index contributed by atoms with van der Waals surface area (Å²) in [7, 11) is 0.636. The maximum absolute atomic E-state index is 12.7. The minimum absolute atomic E-state index is 0.636. The number of alkyl halides is 3. The molecular weight excluding hydrogens is 228 g/mol. The van der Waals surface area contributed by atoms with E-state index < -0.39 is 40.5 Å². The highest BCUT2D eigenvalue weighted by Gasteiger charge is 2.41. The summed E-state index contributed by atoms with van der Waals surface area (Å²) in [5.74, 6) is -8.94. The molecular formula is C7H2BF7. The van der Waals surface area contributed by atoms with Crippen LogP contribution in [0.3, 0.4) is 0 Å². The highest BCUT2D eigenvalue weighted by atomic mass is 19.4. The number of hydrogen-bond donors (Lipinski definition) is 0. The molecule has 0 atom stereocenters. The summed E-state index contributed by atoms with van der Waals surface area (Å²) >= 11 is 0. The number of rotatable bonds is 0. The van der Waals surface area contributed by atoms with Crippen molar-refractivity contribution in [3.63, 3.8) is 0 Å². The van der Waals surface area contributed by atoms with E-state index in [-0.39, 0.29) is 0 Å². The Bertz CT molecular complexity index is 380. The Morgan fingerprint density at radius 3 is 1.33 bits per heavy atom. The zero-order valence-corrected chi connectivity index (χ0v) is 7.15. The lowest BCUT2D eigenvalue weighted by Crippen LogP contribution is -2.24.